The predicted octanol–water partition coefficient (Wildman–Crippen LogP) is 0.690. The van der Waals surface area contributed by atoms with Crippen LogP contribution in [0.4, 0.5) is 0 Å². The van der Waals surface area contributed by atoms with Gasteiger partial charge in [-0.3, -0.25) is 4.79 Å². The number of carbonyl (C=O) groups excluding carboxylic acids is 1. The summed E-state index contributed by atoms with van der Waals surface area (Å²) in [4.78, 5) is 11.7. The number of aliphatic hydroxyl groups excluding tert-OH is 1. The molecule has 0 radical (unpaired) electrons. The number of ether oxygens (including phenoxy) is 1. The molecule has 0 unspecified atom stereocenters. The molecule has 0 spiro atoms. The molecule has 0 aromatic rings. The molecule has 1 rings (SSSR count). The van der Waals surface area contributed by atoms with E-state index in [1.54, 1.807) is 13.8 Å². The van der Waals surface area contributed by atoms with Crippen LogP contribution < -0.4 is 5.32 Å². The van der Waals surface area contributed by atoms with Gasteiger partial charge in [0.25, 0.3) is 5.91 Å². The lowest BCUT2D eigenvalue weighted by Gasteiger charge is -2.23. The van der Waals surface area contributed by atoms with Gasteiger partial charge in [0, 0.05) is 20.3 Å². The molecule has 0 aliphatic heterocycles. The second-order valence-electron chi connectivity index (χ2n) is 4.87. The molecule has 0 aromatic carbocycles. The van der Waals surface area contributed by atoms with E-state index in [0.29, 0.717) is 6.54 Å². The molecule has 15 heavy (non-hydrogen) atoms. The molecular formula is C11H21NO3. The molecule has 2 N–H and O–H groups in total. The van der Waals surface area contributed by atoms with Gasteiger partial charge in [-0.2, -0.15) is 0 Å². The highest BCUT2D eigenvalue weighted by Crippen LogP contribution is 2.47. The molecular weight excluding hydrogens is 194 g/mol. The lowest BCUT2D eigenvalue weighted by atomic mass is 10.0. The summed E-state index contributed by atoms with van der Waals surface area (Å²) in [5, 5.41) is 11.8. The molecule has 1 aliphatic rings. The highest BCUT2D eigenvalue weighted by atomic mass is 16.5. The van der Waals surface area contributed by atoms with Gasteiger partial charge in [0.1, 0.15) is 5.60 Å². The summed E-state index contributed by atoms with van der Waals surface area (Å²) >= 11 is 0. The van der Waals surface area contributed by atoms with Crippen LogP contribution in [0.3, 0.4) is 0 Å². The summed E-state index contributed by atoms with van der Waals surface area (Å²) in [5.74, 6) is -0.0887. The van der Waals surface area contributed by atoms with E-state index in [-0.39, 0.29) is 17.9 Å². The van der Waals surface area contributed by atoms with Gasteiger partial charge < -0.3 is 15.2 Å². The lowest BCUT2D eigenvalue weighted by Crippen LogP contribution is -2.45. The number of methoxy groups -OCH3 is 1. The Morgan fingerprint density at radius 1 is 1.53 bits per heavy atom. The largest absolute Gasteiger partial charge is 0.396 e. The molecule has 4 heteroatoms. The van der Waals surface area contributed by atoms with Crippen molar-refractivity contribution in [3.05, 3.63) is 0 Å². The van der Waals surface area contributed by atoms with Crippen LogP contribution in [0.15, 0.2) is 0 Å². The van der Waals surface area contributed by atoms with Gasteiger partial charge in [-0.05, 0) is 38.5 Å². The van der Waals surface area contributed by atoms with Crippen LogP contribution in [0, 0.1) is 5.41 Å². The minimum absolute atomic E-state index is 0.0887. The summed E-state index contributed by atoms with van der Waals surface area (Å²) in [5.41, 5.74) is -0.608. The Morgan fingerprint density at radius 3 is 2.53 bits per heavy atom. The fourth-order valence-corrected chi connectivity index (χ4v) is 1.50. The standard InChI is InChI=1S/C11H21NO3/c1-10(2,15-3)9(14)12-8-11(4-5-11)6-7-13/h13H,4-8H2,1-3H3,(H,12,14). The van der Waals surface area contributed by atoms with Crippen LogP contribution in [0.5, 0.6) is 0 Å². The van der Waals surface area contributed by atoms with Crippen molar-refractivity contribution in [2.24, 2.45) is 5.41 Å². The number of amides is 1. The first-order valence-corrected chi connectivity index (χ1v) is 5.40. The molecule has 0 bridgehead atoms. The zero-order chi connectivity index (χ0) is 11.5. The number of carbonyl (C=O) groups is 1. The van der Waals surface area contributed by atoms with Crippen molar-refractivity contribution >= 4 is 5.91 Å². The first-order valence-electron chi connectivity index (χ1n) is 5.40. The number of hydrogen-bond acceptors (Lipinski definition) is 3. The SMILES string of the molecule is COC(C)(C)C(=O)NCC1(CCO)CC1. The lowest BCUT2D eigenvalue weighted by molar-refractivity contribution is -0.139. The Labute approximate surface area is 91.0 Å². The van der Waals surface area contributed by atoms with Gasteiger partial charge in [0.15, 0.2) is 0 Å². The minimum atomic E-state index is -0.769. The highest BCUT2D eigenvalue weighted by Gasteiger charge is 2.42. The summed E-state index contributed by atoms with van der Waals surface area (Å²) < 4.78 is 5.08. The number of hydrogen-bond donors (Lipinski definition) is 2. The van der Waals surface area contributed by atoms with Gasteiger partial charge in [0.2, 0.25) is 0 Å². The quantitative estimate of drug-likeness (QED) is 0.685. The van der Waals surface area contributed by atoms with E-state index in [1.165, 1.54) is 7.11 Å². The zero-order valence-corrected chi connectivity index (χ0v) is 9.80. The van der Waals surface area contributed by atoms with Crippen molar-refractivity contribution in [3.8, 4) is 0 Å². The van der Waals surface area contributed by atoms with Gasteiger partial charge >= 0.3 is 0 Å². The van der Waals surface area contributed by atoms with Crippen molar-refractivity contribution in [3.63, 3.8) is 0 Å². The van der Waals surface area contributed by atoms with Crippen LogP contribution >= 0.6 is 0 Å². The molecule has 1 amide bonds. The third-order valence-corrected chi connectivity index (χ3v) is 3.28. The fraction of sp³-hybridized carbons (Fsp3) is 0.909. The maximum absolute atomic E-state index is 11.7. The molecule has 0 aromatic heterocycles. The van der Waals surface area contributed by atoms with E-state index in [4.69, 9.17) is 9.84 Å². The molecule has 0 saturated heterocycles. The molecule has 1 aliphatic carbocycles. The zero-order valence-electron chi connectivity index (χ0n) is 9.80. The van der Waals surface area contributed by atoms with Gasteiger partial charge in [-0.25, -0.2) is 0 Å². The second-order valence-corrected chi connectivity index (χ2v) is 4.87. The van der Waals surface area contributed by atoms with Crippen LogP contribution in [-0.4, -0.2) is 36.9 Å². The summed E-state index contributed by atoms with van der Waals surface area (Å²) in [7, 11) is 1.53. The summed E-state index contributed by atoms with van der Waals surface area (Å²) in [6.45, 7) is 4.34. The molecule has 88 valence electrons. The van der Waals surface area contributed by atoms with Crippen LogP contribution in [-0.2, 0) is 9.53 Å². The van der Waals surface area contributed by atoms with Gasteiger partial charge in [-0.15, -0.1) is 0 Å². The minimum Gasteiger partial charge on any atom is -0.396 e. The summed E-state index contributed by atoms with van der Waals surface area (Å²) in [6, 6.07) is 0. The molecule has 0 heterocycles. The maximum Gasteiger partial charge on any atom is 0.251 e. The summed E-state index contributed by atoms with van der Waals surface area (Å²) in [6.07, 6.45) is 2.98. The monoisotopic (exact) mass is 215 g/mol. The number of nitrogens with one attached hydrogen (secondary N) is 1. The van der Waals surface area contributed by atoms with Crippen molar-refractivity contribution in [2.75, 3.05) is 20.3 Å². The second kappa shape index (κ2) is 4.49. The van der Waals surface area contributed by atoms with Crippen LogP contribution in [0.2, 0.25) is 0 Å². The van der Waals surface area contributed by atoms with E-state index in [1.807, 2.05) is 0 Å². The highest BCUT2D eigenvalue weighted by molar-refractivity contribution is 5.84. The smallest absolute Gasteiger partial charge is 0.251 e. The van der Waals surface area contributed by atoms with E-state index in [9.17, 15) is 4.79 Å². The van der Waals surface area contributed by atoms with E-state index >= 15 is 0 Å². The Morgan fingerprint density at radius 2 is 2.13 bits per heavy atom. The predicted molar refractivity (Wildman–Crippen MR) is 57.5 cm³/mol. The Balaban J connectivity index is 2.34. The average Bonchev–Trinajstić information content (AvgIpc) is 2.95. The molecule has 0 atom stereocenters. The van der Waals surface area contributed by atoms with Gasteiger partial charge in [0.05, 0.1) is 0 Å². The Kier molecular flexibility index (Phi) is 3.73. The third kappa shape index (κ3) is 3.18. The Hall–Kier alpha value is -0.610. The van der Waals surface area contributed by atoms with Crippen molar-refractivity contribution in [1.82, 2.24) is 5.32 Å². The van der Waals surface area contributed by atoms with Crippen molar-refractivity contribution < 1.29 is 14.6 Å². The third-order valence-electron chi connectivity index (χ3n) is 3.28. The molecule has 1 saturated carbocycles. The fourth-order valence-electron chi connectivity index (χ4n) is 1.50. The molecule has 1 fully saturated rings. The number of rotatable bonds is 6. The molecule has 4 nitrogen and oxygen atoms in total. The maximum atomic E-state index is 11.7. The van der Waals surface area contributed by atoms with E-state index < -0.39 is 5.60 Å². The average molecular weight is 215 g/mol. The Bertz CT molecular complexity index is 234. The van der Waals surface area contributed by atoms with Gasteiger partial charge in [-0.1, -0.05) is 0 Å². The van der Waals surface area contributed by atoms with E-state index in [2.05, 4.69) is 5.32 Å². The van der Waals surface area contributed by atoms with Crippen molar-refractivity contribution in [2.45, 2.75) is 38.7 Å². The first kappa shape index (κ1) is 12.5. The van der Waals surface area contributed by atoms with Crippen LogP contribution in [0.1, 0.15) is 33.1 Å². The van der Waals surface area contributed by atoms with Crippen LogP contribution in [0.25, 0.3) is 0 Å². The first-order chi connectivity index (χ1) is 6.96. The van der Waals surface area contributed by atoms with E-state index in [0.717, 1.165) is 19.3 Å². The normalized spacial score (nSPS) is 18.7. The number of aliphatic hydroxyl groups is 1. The topological polar surface area (TPSA) is 58.6 Å². The van der Waals surface area contributed by atoms with Crippen molar-refractivity contribution in [1.29, 1.82) is 0 Å².